The van der Waals surface area contributed by atoms with Gasteiger partial charge in [-0.3, -0.25) is 0 Å². The van der Waals surface area contributed by atoms with E-state index < -0.39 is 0 Å². The predicted octanol–water partition coefficient (Wildman–Crippen LogP) is 4.73. The van der Waals surface area contributed by atoms with Crippen molar-refractivity contribution < 1.29 is 0 Å². The first-order valence-corrected chi connectivity index (χ1v) is 8.53. The molecule has 0 spiro atoms. The Bertz CT molecular complexity index is 551. The maximum absolute atomic E-state index is 2.41. The minimum atomic E-state index is 0.513. The van der Waals surface area contributed by atoms with Crippen LogP contribution in [0, 0.1) is 0 Å². The third-order valence-electron chi connectivity index (χ3n) is 3.88. The fraction of sp³-hybridized carbons (Fsp3) is 0.412. The Morgan fingerprint density at radius 3 is 2.22 bits per heavy atom. The molecule has 1 aliphatic rings. The molecule has 0 aromatic heterocycles. The van der Waals surface area contributed by atoms with Gasteiger partial charge in [0.25, 0.3) is 0 Å². The molecule has 1 aliphatic heterocycles. The number of fused-ring (bicyclic) bond motifs is 1. The van der Waals surface area contributed by atoms with Crippen LogP contribution in [0.3, 0.4) is 0 Å². The number of rotatable bonds is 2. The van der Waals surface area contributed by atoms with Gasteiger partial charge in [-0.15, -0.1) is 0 Å². The Kier molecular flexibility index (Phi) is 3.34. The van der Waals surface area contributed by atoms with Crippen molar-refractivity contribution in [2.45, 2.75) is 37.5 Å². The van der Waals surface area contributed by atoms with Crippen molar-refractivity contribution in [2.24, 2.45) is 0 Å². The molecule has 0 nitrogen and oxygen atoms in total. The minimum absolute atomic E-state index is 0.513. The summed E-state index contributed by atoms with van der Waals surface area (Å²) in [6.45, 7) is 4.58. The van der Waals surface area contributed by atoms with Crippen molar-refractivity contribution in [2.75, 3.05) is 11.5 Å². The fourth-order valence-electron chi connectivity index (χ4n) is 2.92. The van der Waals surface area contributed by atoms with Crippen LogP contribution in [0.4, 0.5) is 0 Å². The molecule has 1 saturated heterocycles. The van der Waals surface area contributed by atoms with Gasteiger partial charge in [0.15, 0.2) is 4.90 Å². The maximum Gasteiger partial charge on any atom is 0.162 e. The highest BCUT2D eigenvalue weighted by Crippen LogP contribution is 2.33. The van der Waals surface area contributed by atoms with Crippen LogP contribution in [0.25, 0.3) is 10.8 Å². The van der Waals surface area contributed by atoms with Gasteiger partial charge in [-0.2, -0.15) is 0 Å². The highest BCUT2D eigenvalue weighted by Gasteiger charge is 2.28. The SMILES string of the molecule is CC(C)c1ccc([S+]2CCCC2)c2ccccc12. The normalized spacial score (nSPS) is 16.8. The molecular weight excluding hydrogens is 236 g/mol. The molecule has 0 N–H and O–H groups in total. The first-order chi connectivity index (χ1) is 8.77. The molecule has 2 aromatic rings. The van der Waals surface area contributed by atoms with E-state index in [9.17, 15) is 0 Å². The predicted molar refractivity (Wildman–Crippen MR) is 82.6 cm³/mol. The van der Waals surface area contributed by atoms with Crippen molar-refractivity contribution in [1.29, 1.82) is 0 Å². The summed E-state index contributed by atoms with van der Waals surface area (Å²) < 4.78 is 0. The molecule has 0 bridgehead atoms. The Balaban J connectivity index is 2.19. The molecule has 0 radical (unpaired) electrons. The van der Waals surface area contributed by atoms with Gasteiger partial charge >= 0.3 is 0 Å². The van der Waals surface area contributed by atoms with Crippen LogP contribution in [-0.4, -0.2) is 11.5 Å². The second-order valence-corrected chi connectivity index (χ2v) is 7.70. The number of benzene rings is 2. The molecule has 2 aromatic carbocycles. The third kappa shape index (κ3) is 2.05. The van der Waals surface area contributed by atoms with Crippen LogP contribution < -0.4 is 0 Å². The number of hydrogen-bond acceptors (Lipinski definition) is 0. The summed E-state index contributed by atoms with van der Waals surface area (Å²) in [7, 11) is 0.513. The second kappa shape index (κ2) is 4.97. The largest absolute Gasteiger partial charge is 0.162 e. The molecule has 1 heterocycles. The van der Waals surface area contributed by atoms with Gasteiger partial charge in [0.05, 0.1) is 0 Å². The molecule has 1 fully saturated rings. The van der Waals surface area contributed by atoms with Crippen LogP contribution in [-0.2, 0) is 10.9 Å². The average molecular weight is 257 g/mol. The highest BCUT2D eigenvalue weighted by atomic mass is 32.2. The van der Waals surface area contributed by atoms with Gasteiger partial charge in [-0.05, 0) is 41.8 Å². The monoisotopic (exact) mass is 257 g/mol. The lowest BCUT2D eigenvalue weighted by molar-refractivity contribution is 0.875. The lowest BCUT2D eigenvalue weighted by Gasteiger charge is -2.12. The van der Waals surface area contributed by atoms with Gasteiger partial charge in [0.2, 0.25) is 0 Å². The molecular formula is C17H21S+. The molecule has 0 unspecified atom stereocenters. The molecule has 1 heteroatoms. The first-order valence-electron chi connectivity index (χ1n) is 6.96. The van der Waals surface area contributed by atoms with Crippen molar-refractivity contribution in [3.63, 3.8) is 0 Å². The van der Waals surface area contributed by atoms with Crippen molar-refractivity contribution in [1.82, 2.24) is 0 Å². The zero-order valence-corrected chi connectivity index (χ0v) is 12.1. The Morgan fingerprint density at radius 1 is 0.889 bits per heavy atom. The van der Waals surface area contributed by atoms with E-state index in [-0.39, 0.29) is 0 Å². The van der Waals surface area contributed by atoms with Crippen LogP contribution in [0.1, 0.15) is 38.2 Å². The third-order valence-corrected chi connectivity index (χ3v) is 6.42. The van der Waals surface area contributed by atoms with Crippen LogP contribution in [0.2, 0.25) is 0 Å². The molecule has 0 aliphatic carbocycles. The average Bonchev–Trinajstić information content (AvgIpc) is 2.91. The van der Waals surface area contributed by atoms with Crippen molar-refractivity contribution in [3.05, 3.63) is 42.0 Å². The lowest BCUT2D eigenvalue weighted by Crippen LogP contribution is -2.05. The van der Waals surface area contributed by atoms with E-state index in [2.05, 4.69) is 50.2 Å². The van der Waals surface area contributed by atoms with Crippen molar-refractivity contribution >= 4 is 21.7 Å². The molecule has 3 rings (SSSR count). The lowest BCUT2D eigenvalue weighted by atomic mass is 9.96. The van der Waals surface area contributed by atoms with Crippen LogP contribution in [0.5, 0.6) is 0 Å². The van der Waals surface area contributed by atoms with E-state index in [1.807, 2.05) is 0 Å². The quantitative estimate of drug-likeness (QED) is 0.682. The van der Waals surface area contributed by atoms with Gasteiger partial charge < -0.3 is 0 Å². The molecule has 0 amide bonds. The summed E-state index contributed by atoms with van der Waals surface area (Å²) in [6, 6.07) is 13.8. The molecule has 0 saturated carbocycles. The Hall–Kier alpha value is -0.950. The summed E-state index contributed by atoms with van der Waals surface area (Å²) in [4.78, 5) is 1.62. The van der Waals surface area contributed by atoms with E-state index in [0.29, 0.717) is 16.8 Å². The van der Waals surface area contributed by atoms with Crippen LogP contribution >= 0.6 is 0 Å². The maximum atomic E-state index is 2.41. The summed E-state index contributed by atoms with van der Waals surface area (Å²) >= 11 is 0. The first kappa shape index (κ1) is 12.1. The Morgan fingerprint density at radius 2 is 1.56 bits per heavy atom. The van der Waals surface area contributed by atoms with E-state index >= 15 is 0 Å². The van der Waals surface area contributed by atoms with E-state index in [4.69, 9.17) is 0 Å². The zero-order chi connectivity index (χ0) is 12.5. The summed E-state index contributed by atoms with van der Waals surface area (Å²) in [5.41, 5.74) is 1.50. The van der Waals surface area contributed by atoms with Gasteiger partial charge in [0.1, 0.15) is 11.5 Å². The topological polar surface area (TPSA) is 0 Å². The van der Waals surface area contributed by atoms with Crippen LogP contribution in [0.15, 0.2) is 41.3 Å². The number of hydrogen-bond donors (Lipinski definition) is 0. The smallest absolute Gasteiger partial charge is 0.0616 e. The van der Waals surface area contributed by atoms with E-state index in [1.54, 1.807) is 4.90 Å². The summed E-state index contributed by atoms with van der Waals surface area (Å²) in [5, 5.41) is 2.98. The van der Waals surface area contributed by atoms with E-state index in [1.165, 1.54) is 40.7 Å². The zero-order valence-electron chi connectivity index (χ0n) is 11.3. The molecule has 94 valence electrons. The highest BCUT2D eigenvalue weighted by molar-refractivity contribution is 7.97. The van der Waals surface area contributed by atoms with E-state index in [0.717, 1.165) is 0 Å². The minimum Gasteiger partial charge on any atom is -0.0616 e. The molecule has 18 heavy (non-hydrogen) atoms. The van der Waals surface area contributed by atoms with Gasteiger partial charge in [-0.25, -0.2) is 0 Å². The Labute approximate surface area is 113 Å². The summed E-state index contributed by atoms with van der Waals surface area (Å²) in [5.74, 6) is 3.42. The van der Waals surface area contributed by atoms with Gasteiger partial charge in [-0.1, -0.05) is 38.1 Å². The standard InChI is InChI=1S/C17H21S/c1-13(2)14-9-10-17(18-11-5-6-12-18)16-8-4-3-7-15(14)16/h3-4,7-10,13H,5-6,11-12H2,1-2H3/q+1. The summed E-state index contributed by atoms with van der Waals surface area (Å²) in [6.07, 6.45) is 2.84. The molecule has 0 atom stereocenters. The van der Waals surface area contributed by atoms with Crippen molar-refractivity contribution in [3.8, 4) is 0 Å². The van der Waals surface area contributed by atoms with Gasteiger partial charge in [0, 0.05) is 16.3 Å². The second-order valence-electron chi connectivity index (χ2n) is 5.46. The fourth-order valence-corrected chi connectivity index (χ4v) is 5.42.